The number of sulfone groups is 1. The number of halogens is 6. The largest absolute Gasteiger partial charge is 0.459 e. The van der Waals surface area contributed by atoms with Crippen molar-refractivity contribution in [2.45, 2.75) is 23.9 Å². The number of hydrogen-bond donors (Lipinski definition) is 0. The molecule has 0 aliphatic rings. The highest BCUT2D eigenvalue weighted by atomic mass is 35.5. The van der Waals surface area contributed by atoms with Crippen molar-refractivity contribution in [3.05, 3.63) is 65.3 Å². The maximum atomic E-state index is 14.7. The van der Waals surface area contributed by atoms with Crippen LogP contribution in [0.25, 0.3) is 28.6 Å². The van der Waals surface area contributed by atoms with Gasteiger partial charge in [-0.3, -0.25) is 0 Å². The van der Waals surface area contributed by atoms with Crippen LogP contribution in [0.5, 0.6) is 0 Å². The summed E-state index contributed by atoms with van der Waals surface area (Å²) in [5, 5.41) is 4.27. The van der Waals surface area contributed by atoms with Gasteiger partial charge in [0.1, 0.15) is 11.4 Å². The molecule has 0 N–H and O–H groups in total. The van der Waals surface area contributed by atoms with Gasteiger partial charge in [0.15, 0.2) is 9.84 Å². The van der Waals surface area contributed by atoms with Gasteiger partial charge >= 0.3 is 12.1 Å². The van der Waals surface area contributed by atoms with Gasteiger partial charge in [0.2, 0.25) is 0 Å². The number of allylic oxidation sites excluding steroid dienone is 1. The molecule has 0 saturated carbocycles. The van der Waals surface area contributed by atoms with Gasteiger partial charge in [-0.25, -0.2) is 13.1 Å². The van der Waals surface area contributed by atoms with Crippen LogP contribution in [0.2, 0.25) is 5.02 Å². The summed E-state index contributed by atoms with van der Waals surface area (Å²) in [5.41, 5.74) is -1.80. The Labute approximate surface area is 185 Å². The fraction of sp³-hybridized carbons (Fsp3) is 0.190. The molecule has 4 nitrogen and oxygen atoms in total. The smallest absolute Gasteiger partial charge is 0.238 e. The molecule has 1 aromatic heterocycles. The van der Waals surface area contributed by atoms with Crippen molar-refractivity contribution in [3.8, 4) is 22.4 Å². The van der Waals surface area contributed by atoms with E-state index in [-0.39, 0.29) is 26.7 Å². The summed E-state index contributed by atoms with van der Waals surface area (Å²) < 4.78 is 93.5. The third-order valence-electron chi connectivity index (χ3n) is 4.54. The first-order chi connectivity index (χ1) is 14.8. The van der Waals surface area contributed by atoms with Crippen molar-refractivity contribution in [3.63, 3.8) is 0 Å². The lowest BCUT2D eigenvalue weighted by Crippen LogP contribution is -2.35. The Bertz CT molecular complexity index is 1260. The molecule has 3 aromatic rings. The molecule has 11 heteroatoms. The van der Waals surface area contributed by atoms with Crippen LogP contribution >= 0.6 is 11.6 Å². The first-order valence-electron chi connectivity index (χ1n) is 9.04. The van der Waals surface area contributed by atoms with Crippen LogP contribution in [-0.2, 0) is 15.8 Å². The minimum absolute atomic E-state index is 0.0336. The van der Waals surface area contributed by atoms with E-state index in [0.717, 1.165) is 12.5 Å². The molecule has 0 aliphatic heterocycles. The van der Waals surface area contributed by atoms with E-state index >= 15 is 0 Å². The number of hydrogen-bond acceptors (Lipinski definition) is 3. The molecule has 3 rings (SSSR count). The molecule has 0 radical (unpaired) electrons. The van der Waals surface area contributed by atoms with E-state index in [1.807, 2.05) is 0 Å². The molecule has 1 heterocycles. The molecule has 0 saturated heterocycles. The third kappa shape index (κ3) is 4.42. The van der Waals surface area contributed by atoms with Gasteiger partial charge in [0, 0.05) is 28.6 Å². The zero-order chi connectivity index (χ0) is 23.9. The fourth-order valence-electron chi connectivity index (χ4n) is 3.07. The number of nitrogens with zero attached hydrogens (tertiary/aromatic N) is 2. The van der Waals surface area contributed by atoms with E-state index in [1.165, 1.54) is 61.5 Å². The molecule has 0 atom stereocenters. The minimum Gasteiger partial charge on any atom is -0.238 e. The molecule has 0 bridgehead atoms. The molecule has 0 fully saturated rings. The van der Waals surface area contributed by atoms with Crippen LogP contribution in [0.3, 0.4) is 0 Å². The highest BCUT2D eigenvalue weighted by Crippen LogP contribution is 2.49. The zero-order valence-corrected chi connectivity index (χ0v) is 18.2. The lowest BCUT2D eigenvalue weighted by atomic mass is 9.96. The third-order valence-corrected chi connectivity index (χ3v) is 5.92. The van der Waals surface area contributed by atoms with Crippen LogP contribution in [0, 0.1) is 0 Å². The van der Waals surface area contributed by atoms with Crippen molar-refractivity contribution >= 4 is 27.6 Å². The number of alkyl halides is 5. The van der Waals surface area contributed by atoms with Crippen LogP contribution in [0.15, 0.2) is 59.5 Å². The van der Waals surface area contributed by atoms with Gasteiger partial charge in [0.25, 0.3) is 0 Å². The van der Waals surface area contributed by atoms with Crippen LogP contribution in [0.1, 0.15) is 12.6 Å². The zero-order valence-electron chi connectivity index (χ0n) is 16.7. The molecule has 0 spiro atoms. The quantitative estimate of drug-likeness (QED) is 0.388. The molecular formula is C21H16ClF5N2O2S. The minimum atomic E-state index is -5.88. The van der Waals surface area contributed by atoms with Gasteiger partial charge in [0.05, 0.1) is 4.90 Å². The van der Waals surface area contributed by atoms with Crippen molar-refractivity contribution in [1.82, 2.24) is 9.78 Å². The maximum absolute atomic E-state index is 14.7. The van der Waals surface area contributed by atoms with E-state index in [1.54, 1.807) is 0 Å². The van der Waals surface area contributed by atoms with Crippen molar-refractivity contribution in [2.75, 3.05) is 6.26 Å². The highest BCUT2D eigenvalue weighted by Gasteiger charge is 2.62. The number of rotatable bonds is 5. The second-order valence-corrected chi connectivity index (χ2v) is 9.33. The first kappa shape index (κ1) is 23.9. The fourth-order valence-corrected chi connectivity index (χ4v) is 3.83. The Morgan fingerprint density at radius 2 is 1.47 bits per heavy atom. The van der Waals surface area contributed by atoms with Crippen molar-refractivity contribution in [1.29, 1.82) is 0 Å². The Morgan fingerprint density at radius 3 is 1.94 bits per heavy atom. The Balaban J connectivity index is 2.40. The van der Waals surface area contributed by atoms with Gasteiger partial charge < -0.3 is 0 Å². The standard InChI is InChI=1S/C21H16ClF5N2O2S/c1-3-12-29-19(20(23,24)21(25,26)27)17(13-4-8-15(22)9-5-13)18(28-29)14-6-10-16(11-7-14)32(2,30)31/h3-12H,1-2H3. The molecule has 2 aromatic carbocycles. The average molecular weight is 491 g/mol. The van der Waals surface area contributed by atoms with E-state index < -0.39 is 33.2 Å². The van der Waals surface area contributed by atoms with Crippen LogP contribution in [-0.4, -0.2) is 30.6 Å². The maximum Gasteiger partial charge on any atom is 0.459 e. The van der Waals surface area contributed by atoms with Crippen LogP contribution in [0.4, 0.5) is 22.0 Å². The highest BCUT2D eigenvalue weighted by molar-refractivity contribution is 7.90. The predicted octanol–water partition coefficient (Wildman–Crippen LogP) is 6.42. The van der Waals surface area contributed by atoms with Crippen molar-refractivity contribution < 1.29 is 30.4 Å². The van der Waals surface area contributed by atoms with Crippen molar-refractivity contribution in [2.24, 2.45) is 0 Å². The summed E-state index contributed by atoms with van der Waals surface area (Å²) in [4.78, 5) is -0.0389. The normalized spacial score (nSPS) is 13.1. The first-order valence-corrected chi connectivity index (χ1v) is 11.3. The number of aromatic nitrogens is 2. The van der Waals surface area contributed by atoms with Crippen LogP contribution < -0.4 is 0 Å². The van der Waals surface area contributed by atoms with Gasteiger partial charge in [-0.05, 0) is 36.8 Å². The second kappa shape index (κ2) is 8.32. The summed E-state index contributed by atoms with van der Waals surface area (Å²) in [6, 6.07) is 10.4. The molecule has 0 unspecified atom stereocenters. The predicted molar refractivity (Wildman–Crippen MR) is 112 cm³/mol. The van der Waals surface area contributed by atoms with Gasteiger partial charge in [-0.1, -0.05) is 41.9 Å². The molecular weight excluding hydrogens is 475 g/mol. The lowest BCUT2D eigenvalue weighted by Gasteiger charge is -2.21. The summed E-state index contributed by atoms with van der Waals surface area (Å²) in [6.45, 7) is 1.44. The SMILES string of the molecule is CC=Cn1nc(-c2ccc(S(C)(=O)=O)cc2)c(-c2ccc(Cl)cc2)c1C(F)(F)C(F)(F)F. The van der Waals surface area contributed by atoms with Gasteiger partial charge in [-0.15, -0.1) is 0 Å². The number of benzene rings is 2. The monoisotopic (exact) mass is 490 g/mol. The average Bonchev–Trinajstić information content (AvgIpc) is 3.07. The Hall–Kier alpha value is -2.72. The van der Waals surface area contributed by atoms with E-state index in [4.69, 9.17) is 11.6 Å². The van der Waals surface area contributed by atoms with E-state index in [0.29, 0.717) is 4.68 Å². The summed E-state index contributed by atoms with van der Waals surface area (Å²) in [6.07, 6.45) is -2.64. The molecule has 0 aliphatic carbocycles. The van der Waals surface area contributed by atoms with Gasteiger partial charge in [-0.2, -0.15) is 27.1 Å². The second-order valence-electron chi connectivity index (χ2n) is 6.87. The van der Waals surface area contributed by atoms with E-state index in [9.17, 15) is 30.4 Å². The summed E-state index contributed by atoms with van der Waals surface area (Å²) in [7, 11) is -3.54. The molecule has 170 valence electrons. The Morgan fingerprint density at radius 1 is 0.938 bits per heavy atom. The Kier molecular flexibility index (Phi) is 6.23. The molecule has 0 amide bonds. The van der Waals surface area contributed by atoms with E-state index in [2.05, 4.69) is 5.10 Å². The summed E-state index contributed by atoms with van der Waals surface area (Å²) >= 11 is 5.86. The topological polar surface area (TPSA) is 52.0 Å². The molecule has 32 heavy (non-hydrogen) atoms. The summed E-state index contributed by atoms with van der Waals surface area (Å²) in [5.74, 6) is -5.24. The lowest BCUT2D eigenvalue weighted by molar-refractivity contribution is -0.291.